The molecule has 0 aromatic heterocycles. The van der Waals surface area contributed by atoms with Gasteiger partial charge in [-0.15, -0.1) is 0 Å². The van der Waals surface area contributed by atoms with Crippen molar-refractivity contribution < 1.29 is 4.74 Å². The van der Waals surface area contributed by atoms with Crippen LogP contribution in [-0.4, -0.2) is 6.04 Å². The number of hydrogen-bond acceptors (Lipinski definition) is 2. The summed E-state index contributed by atoms with van der Waals surface area (Å²) >= 11 is 6.30. The number of benzene rings is 3. The molecule has 0 bridgehead atoms. The van der Waals surface area contributed by atoms with Crippen molar-refractivity contribution in [2.24, 2.45) is 0 Å². The molecule has 3 aromatic rings. The summed E-state index contributed by atoms with van der Waals surface area (Å²) in [5.41, 5.74) is 2.25. The van der Waals surface area contributed by atoms with Gasteiger partial charge in [0.15, 0.2) is 0 Å². The summed E-state index contributed by atoms with van der Waals surface area (Å²) in [6, 6.07) is 21.3. The van der Waals surface area contributed by atoms with Crippen LogP contribution in [0.5, 0.6) is 5.75 Å². The highest BCUT2D eigenvalue weighted by atomic mass is 35.5. The molecule has 0 spiro atoms. The van der Waals surface area contributed by atoms with Crippen LogP contribution >= 0.6 is 11.6 Å². The highest BCUT2D eigenvalue weighted by Crippen LogP contribution is 2.30. The van der Waals surface area contributed by atoms with Crippen molar-refractivity contribution in [2.45, 2.75) is 51.3 Å². The molecule has 1 fully saturated rings. The van der Waals surface area contributed by atoms with Crippen LogP contribution in [0.15, 0.2) is 60.7 Å². The van der Waals surface area contributed by atoms with Crippen molar-refractivity contribution in [3.63, 3.8) is 0 Å². The van der Waals surface area contributed by atoms with E-state index in [9.17, 15) is 0 Å². The van der Waals surface area contributed by atoms with Gasteiger partial charge in [0.1, 0.15) is 12.4 Å². The van der Waals surface area contributed by atoms with Crippen LogP contribution in [0.2, 0.25) is 5.02 Å². The number of halogens is 1. The molecular formula is C24H26ClNO. The molecule has 27 heavy (non-hydrogen) atoms. The van der Waals surface area contributed by atoms with E-state index in [1.165, 1.54) is 48.4 Å². The van der Waals surface area contributed by atoms with Crippen molar-refractivity contribution >= 4 is 22.4 Å². The minimum atomic E-state index is 0.481. The zero-order valence-corrected chi connectivity index (χ0v) is 16.3. The fourth-order valence-corrected chi connectivity index (χ4v) is 4.15. The lowest BCUT2D eigenvalue weighted by Gasteiger charge is -2.24. The largest absolute Gasteiger partial charge is 0.488 e. The van der Waals surface area contributed by atoms with Crippen LogP contribution in [0.4, 0.5) is 0 Å². The van der Waals surface area contributed by atoms with Gasteiger partial charge in [0, 0.05) is 28.7 Å². The molecule has 0 radical (unpaired) electrons. The fraction of sp³-hybridized carbons (Fsp3) is 0.333. The van der Waals surface area contributed by atoms with Gasteiger partial charge in [-0.3, -0.25) is 0 Å². The van der Waals surface area contributed by atoms with Gasteiger partial charge in [0.05, 0.1) is 0 Å². The lowest BCUT2D eigenvalue weighted by Crippen LogP contribution is -2.30. The molecule has 3 aromatic carbocycles. The minimum Gasteiger partial charge on any atom is -0.488 e. The number of ether oxygens (including phenoxy) is 1. The second kappa shape index (κ2) is 8.77. The third kappa shape index (κ3) is 4.45. The molecule has 140 valence electrons. The number of fused-ring (bicyclic) bond motifs is 1. The van der Waals surface area contributed by atoms with Crippen molar-refractivity contribution in [2.75, 3.05) is 0 Å². The Morgan fingerprint density at radius 1 is 0.889 bits per heavy atom. The summed E-state index contributed by atoms with van der Waals surface area (Å²) in [4.78, 5) is 0. The van der Waals surface area contributed by atoms with E-state index in [0.717, 1.165) is 22.9 Å². The van der Waals surface area contributed by atoms with Gasteiger partial charge >= 0.3 is 0 Å². The maximum atomic E-state index is 6.30. The third-order valence-corrected chi connectivity index (χ3v) is 5.88. The van der Waals surface area contributed by atoms with E-state index in [1.54, 1.807) is 0 Å². The summed E-state index contributed by atoms with van der Waals surface area (Å²) < 4.78 is 6.23. The average Bonchev–Trinajstić information content (AvgIpc) is 2.72. The zero-order chi connectivity index (χ0) is 18.5. The Morgan fingerprint density at radius 3 is 2.52 bits per heavy atom. The van der Waals surface area contributed by atoms with E-state index in [-0.39, 0.29) is 0 Å². The standard InChI is InChI=1S/C24H26ClNO/c25-23-13-7-5-9-19(23)17-27-24-15-14-18-8-4-6-12-21(18)22(24)16-26-20-10-2-1-3-11-20/h4-9,12-15,20,26H,1-3,10-11,16-17H2. The second-order valence-electron chi connectivity index (χ2n) is 7.36. The number of rotatable bonds is 6. The van der Waals surface area contributed by atoms with E-state index in [1.807, 2.05) is 24.3 Å². The first kappa shape index (κ1) is 18.3. The Morgan fingerprint density at radius 2 is 1.67 bits per heavy atom. The molecule has 0 saturated heterocycles. The van der Waals surface area contributed by atoms with E-state index < -0.39 is 0 Å². The lowest BCUT2D eigenvalue weighted by molar-refractivity contribution is 0.300. The van der Waals surface area contributed by atoms with Crippen molar-refractivity contribution in [1.82, 2.24) is 5.32 Å². The molecule has 0 aliphatic heterocycles. The molecule has 0 atom stereocenters. The summed E-state index contributed by atoms with van der Waals surface area (Å²) in [6.45, 7) is 1.32. The van der Waals surface area contributed by atoms with Gasteiger partial charge in [-0.05, 0) is 35.7 Å². The van der Waals surface area contributed by atoms with Crippen LogP contribution in [0.1, 0.15) is 43.2 Å². The van der Waals surface area contributed by atoms with Crippen molar-refractivity contribution in [1.29, 1.82) is 0 Å². The highest BCUT2D eigenvalue weighted by Gasteiger charge is 2.15. The van der Waals surface area contributed by atoms with E-state index in [2.05, 4.69) is 41.7 Å². The smallest absolute Gasteiger partial charge is 0.124 e. The topological polar surface area (TPSA) is 21.3 Å². The Balaban J connectivity index is 1.57. The summed E-state index contributed by atoms with van der Waals surface area (Å²) in [6.07, 6.45) is 6.60. The highest BCUT2D eigenvalue weighted by molar-refractivity contribution is 6.31. The first-order valence-electron chi connectivity index (χ1n) is 9.91. The van der Waals surface area contributed by atoms with Gasteiger partial charge in [0.25, 0.3) is 0 Å². The normalized spacial score (nSPS) is 15.1. The maximum Gasteiger partial charge on any atom is 0.124 e. The van der Waals surface area contributed by atoms with Crippen molar-refractivity contribution in [3.05, 3.63) is 76.8 Å². The average molecular weight is 380 g/mol. The first-order valence-corrected chi connectivity index (χ1v) is 10.3. The zero-order valence-electron chi connectivity index (χ0n) is 15.6. The molecule has 4 rings (SSSR count). The number of nitrogens with one attached hydrogen (secondary N) is 1. The lowest BCUT2D eigenvalue weighted by atomic mass is 9.95. The predicted molar refractivity (Wildman–Crippen MR) is 113 cm³/mol. The van der Waals surface area contributed by atoms with Crippen LogP contribution in [-0.2, 0) is 13.2 Å². The van der Waals surface area contributed by atoms with Gasteiger partial charge in [-0.1, -0.05) is 79.4 Å². The minimum absolute atomic E-state index is 0.481. The van der Waals surface area contributed by atoms with Crippen LogP contribution in [0.25, 0.3) is 10.8 Å². The van der Waals surface area contributed by atoms with E-state index >= 15 is 0 Å². The quantitative estimate of drug-likeness (QED) is 0.528. The summed E-state index contributed by atoms with van der Waals surface area (Å²) in [7, 11) is 0. The molecule has 1 N–H and O–H groups in total. The van der Waals surface area contributed by atoms with Gasteiger partial charge in [-0.25, -0.2) is 0 Å². The maximum absolute atomic E-state index is 6.30. The molecular weight excluding hydrogens is 354 g/mol. The third-order valence-electron chi connectivity index (χ3n) is 5.51. The van der Waals surface area contributed by atoms with E-state index in [0.29, 0.717) is 12.6 Å². The summed E-state index contributed by atoms with van der Waals surface area (Å²) in [5.74, 6) is 0.942. The Bertz CT molecular complexity index is 902. The monoisotopic (exact) mass is 379 g/mol. The van der Waals surface area contributed by atoms with Crippen LogP contribution < -0.4 is 10.1 Å². The van der Waals surface area contributed by atoms with Gasteiger partial charge in [-0.2, -0.15) is 0 Å². The molecule has 3 heteroatoms. The Hall–Kier alpha value is -2.03. The number of hydrogen-bond donors (Lipinski definition) is 1. The van der Waals surface area contributed by atoms with Crippen LogP contribution in [0, 0.1) is 0 Å². The van der Waals surface area contributed by atoms with E-state index in [4.69, 9.17) is 16.3 Å². The van der Waals surface area contributed by atoms with Crippen molar-refractivity contribution in [3.8, 4) is 5.75 Å². The SMILES string of the molecule is Clc1ccccc1COc1ccc2ccccc2c1CNC1CCCCC1. The van der Waals surface area contributed by atoms with Gasteiger partial charge < -0.3 is 10.1 Å². The predicted octanol–water partition coefficient (Wildman–Crippen LogP) is 6.49. The second-order valence-corrected chi connectivity index (χ2v) is 7.77. The Labute approximate surface area is 166 Å². The fourth-order valence-electron chi connectivity index (χ4n) is 3.96. The summed E-state index contributed by atoms with van der Waals surface area (Å²) in [5, 5.41) is 7.04. The molecule has 2 nitrogen and oxygen atoms in total. The first-order chi connectivity index (χ1) is 13.3. The van der Waals surface area contributed by atoms with Crippen LogP contribution in [0.3, 0.4) is 0 Å². The molecule has 1 aliphatic carbocycles. The molecule has 0 heterocycles. The Kier molecular flexibility index (Phi) is 5.96. The molecule has 1 saturated carbocycles. The van der Waals surface area contributed by atoms with Gasteiger partial charge in [0.2, 0.25) is 0 Å². The molecule has 0 unspecified atom stereocenters. The molecule has 0 amide bonds. The molecule has 1 aliphatic rings.